The first-order chi connectivity index (χ1) is 10.7. The number of rotatable bonds is 2. The second kappa shape index (κ2) is 7.72. The van der Waals surface area contributed by atoms with Crippen LogP contribution in [0.15, 0.2) is 30.6 Å². The minimum atomic E-state index is -0.0546. The van der Waals surface area contributed by atoms with Crippen LogP contribution in [0.25, 0.3) is 5.65 Å². The summed E-state index contributed by atoms with van der Waals surface area (Å²) in [6.07, 6.45) is 9.41. The number of nitrogens with two attached hydrogens (primary N) is 1. The van der Waals surface area contributed by atoms with Crippen LogP contribution in [-0.2, 0) is 0 Å². The van der Waals surface area contributed by atoms with E-state index in [1.165, 1.54) is 19.3 Å². The number of imidazole rings is 1. The lowest BCUT2D eigenvalue weighted by molar-refractivity contribution is 0.0752. The van der Waals surface area contributed by atoms with Gasteiger partial charge >= 0.3 is 0 Å². The summed E-state index contributed by atoms with van der Waals surface area (Å²) in [5.74, 6) is 1.01. The van der Waals surface area contributed by atoms with Crippen LogP contribution in [0.2, 0.25) is 0 Å². The predicted molar refractivity (Wildman–Crippen MR) is 99.0 cm³/mol. The summed E-state index contributed by atoms with van der Waals surface area (Å²) in [5.41, 5.74) is 7.46. The van der Waals surface area contributed by atoms with Crippen LogP contribution in [0.3, 0.4) is 0 Å². The van der Waals surface area contributed by atoms with Gasteiger partial charge in [-0.3, -0.25) is 4.79 Å². The molecule has 2 atom stereocenters. The number of aromatic nitrogens is 2. The smallest absolute Gasteiger partial charge is 0.271 e. The van der Waals surface area contributed by atoms with Gasteiger partial charge < -0.3 is 15.5 Å². The Morgan fingerprint density at radius 2 is 1.92 bits per heavy atom. The third kappa shape index (κ3) is 3.53. The molecule has 2 aliphatic carbocycles. The lowest BCUT2D eigenvalue weighted by Gasteiger charge is -2.45. The molecule has 5 nitrogen and oxygen atoms in total. The fourth-order valence-electron chi connectivity index (χ4n) is 4.29. The van der Waals surface area contributed by atoms with Crippen molar-refractivity contribution in [1.82, 2.24) is 14.7 Å². The summed E-state index contributed by atoms with van der Waals surface area (Å²) in [6, 6.07) is 6.34. The molecule has 0 aromatic carbocycles. The van der Waals surface area contributed by atoms with Crippen molar-refractivity contribution >= 4 is 36.4 Å². The van der Waals surface area contributed by atoms with E-state index in [2.05, 4.69) is 10.3 Å². The number of hydrogen-bond donors (Lipinski definition) is 2. The Labute approximate surface area is 154 Å². The van der Waals surface area contributed by atoms with E-state index in [0.29, 0.717) is 23.6 Å². The molecule has 0 spiro atoms. The number of fused-ring (bicyclic) bond motifs is 3. The molecule has 24 heavy (non-hydrogen) atoms. The van der Waals surface area contributed by atoms with Crippen molar-refractivity contribution < 1.29 is 4.79 Å². The highest BCUT2D eigenvalue weighted by Crippen LogP contribution is 2.39. The van der Waals surface area contributed by atoms with Gasteiger partial charge in [0.25, 0.3) is 5.91 Å². The van der Waals surface area contributed by atoms with Crippen LogP contribution in [0, 0.1) is 11.8 Å². The van der Waals surface area contributed by atoms with E-state index >= 15 is 0 Å². The first kappa shape index (κ1) is 19.0. The molecule has 1 amide bonds. The summed E-state index contributed by atoms with van der Waals surface area (Å²) in [5, 5.41) is 3.25. The van der Waals surface area contributed by atoms with Crippen molar-refractivity contribution in [2.75, 3.05) is 0 Å². The number of carbonyl (C=O) groups excluding carboxylic acids is 1. The molecule has 3 N–H and O–H groups in total. The number of nitrogens with one attached hydrogen (secondary N) is 1. The van der Waals surface area contributed by atoms with E-state index in [-0.39, 0.29) is 36.8 Å². The number of halogens is 2. The minimum Gasteiger partial charge on any atom is -0.347 e. The fraction of sp³-hybridized carbons (Fsp3) is 0.529. The lowest BCUT2D eigenvalue weighted by Crippen LogP contribution is -2.53. The summed E-state index contributed by atoms with van der Waals surface area (Å²) < 4.78 is 1.88. The Bertz CT molecular complexity index is 658. The Kier molecular flexibility index (Phi) is 6.12. The van der Waals surface area contributed by atoms with Crippen molar-refractivity contribution in [3.8, 4) is 0 Å². The molecule has 2 fully saturated rings. The molecule has 2 heterocycles. The van der Waals surface area contributed by atoms with Gasteiger partial charge in [0.15, 0.2) is 0 Å². The molecule has 132 valence electrons. The predicted octanol–water partition coefficient (Wildman–Crippen LogP) is 2.81. The Morgan fingerprint density at radius 1 is 1.21 bits per heavy atom. The summed E-state index contributed by atoms with van der Waals surface area (Å²) in [7, 11) is 0. The van der Waals surface area contributed by atoms with Crippen molar-refractivity contribution in [3.63, 3.8) is 0 Å². The molecular weight excluding hydrogens is 347 g/mol. The molecule has 0 radical (unpaired) electrons. The Balaban J connectivity index is 0.00000104. The van der Waals surface area contributed by atoms with E-state index in [4.69, 9.17) is 5.73 Å². The van der Waals surface area contributed by atoms with Crippen LogP contribution in [-0.4, -0.2) is 27.4 Å². The van der Waals surface area contributed by atoms with Crippen LogP contribution < -0.4 is 11.1 Å². The highest BCUT2D eigenvalue weighted by molar-refractivity contribution is 5.93. The van der Waals surface area contributed by atoms with Gasteiger partial charge in [0.1, 0.15) is 11.3 Å². The molecule has 4 rings (SSSR count). The quantitative estimate of drug-likeness (QED) is 0.853. The minimum absolute atomic E-state index is 0. The van der Waals surface area contributed by atoms with E-state index in [0.717, 1.165) is 18.5 Å². The normalized spacial score (nSPS) is 28.5. The maximum absolute atomic E-state index is 12.6. The molecule has 2 aliphatic rings. The largest absolute Gasteiger partial charge is 0.347 e. The number of amides is 1. The second-order valence-corrected chi connectivity index (χ2v) is 6.77. The maximum Gasteiger partial charge on any atom is 0.271 e. The third-order valence-electron chi connectivity index (χ3n) is 5.27. The SMILES string of the molecule is Cl.Cl.NC1CC2CCCC(C1)C2NC(=O)c1cn2ccccc2n1. The maximum atomic E-state index is 12.6. The molecule has 0 aliphatic heterocycles. The second-order valence-electron chi connectivity index (χ2n) is 6.77. The topological polar surface area (TPSA) is 72.4 Å². The Morgan fingerprint density at radius 3 is 2.58 bits per heavy atom. The molecule has 7 heteroatoms. The molecule has 2 aromatic heterocycles. The van der Waals surface area contributed by atoms with Crippen LogP contribution in [0.1, 0.15) is 42.6 Å². The number of nitrogens with zero attached hydrogens (tertiary/aromatic N) is 2. The monoisotopic (exact) mass is 370 g/mol. The van der Waals surface area contributed by atoms with Crippen molar-refractivity contribution in [1.29, 1.82) is 0 Å². The summed E-state index contributed by atoms with van der Waals surface area (Å²) >= 11 is 0. The Hall–Kier alpha value is -1.30. The first-order valence-corrected chi connectivity index (χ1v) is 8.21. The average Bonchev–Trinajstić information content (AvgIpc) is 2.92. The summed E-state index contributed by atoms with van der Waals surface area (Å²) in [6.45, 7) is 0. The highest BCUT2D eigenvalue weighted by Gasteiger charge is 2.40. The number of carbonyl (C=O) groups is 1. The van der Waals surface area contributed by atoms with E-state index < -0.39 is 0 Å². The zero-order valence-corrected chi connectivity index (χ0v) is 15.1. The van der Waals surface area contributed by atoms with Gasteiger partial charge in [-0.05, 0) is 49.7 Å². The molecule has 2 aromatic rings. The van der Waals surface area contributed by atoms with Gasteiger partial charge in [0.05, 0.1) is 0 Å². The van der Waals surface area contributed by atoms with Crippen LogP contribution in [0.4, 0.5) is 0 Å². The zero-order chi connectivity index (χ0) is 15.1. The van der Waals surface area contributed by atoms with E-state index in [1.54, 1.807) is 6.20 Å². The summed E-state index contributed by atoms with van der Waals surface area (Å²) in [4.78, 5) is 17.0. The standard InChI is InChI=1S/C17H22N4O.2ClH/c18-13-8-11-4-3-5-12(9-13)16(11)20-17(22)14-10-21-7-2-1-6-15(21)19-14;;/h1-2,6-7,10-13,16H,3-5,8-9,18H2,(H,20,22);2*1H. The van der Waals surface area contributed by atoms with Gasteiger partial charge in [0.2, 0.25) is 0 Å². The molecule has 0 saturated heterocycles. The van der Waals surface area contributed by atoms with Crippen molar-refractivity contribution in [2.45, 2.75) is 44.2 Å². The van der Waals surface area contributed by atoms with E-state index in [9.17, 15) is 4.79 Å². The van der Waals surface area contributed by atoms with Gasteiger partial charge in [0, 0.05) is 24.5 Å². The van der Waals surface area contributed by atoms with Crippen LogP contribution >= 0.6 is 24.8 Å². The fourth-order valence-corrected chi connectivity index (χ4v) is 4.29. The van der Waals surface area contributed by atoms with Crippen LogP contribution in [0.5, 0.6) is 0 Å². The molecule has 2 unspecified atom stereocenters. The lowest BCUT2D eigenvalue weighted by atomic mass is 9.67. The number of hydrogen-bond acceptors (Lipinski definition) is 3. The first-order valence-electron chi connectivity index (χ1n) is 8.21. The molecule has 2 bridgehead atoms. The molecular formula is C17H24Cl2N4O. The van der Waals surface area contributed by atoms with Crippen molar-refractivity contribution in [3.05, 3.63) is 36.3 Å². The van der Waals surface area contributed by atoms with Crippen molar-refractivity contribution in [2.24, 2.45) is 17.6 Å². The van der Waals surface area contributed by atoms with E-state index in [1.807, 2.05) is 28.8 Å². The molecule has 2 saturated carbocycles. The third-order valence-corrected chi connectivity index (χ3v) is 5.27. The highest BCUT2D eigenvalue weighted by atomic mass is 35.5. The number of pyridine rings is 1. The van der Waals surface area contributed by atoms with Gasteiger partial charge in [-0.15, -0.1) is 24.8 Å². The van der Waals surface area contributed by atoms with Gasteiger partial charge in [-0.1, -0.05) is 12.5 Å². The van der Waals surface area contributed by atoms with Gasteiger partial charge in [-0.25, -0.2) is 4.98 Å². The zero-order valence-electron chi connectivity index (χ0n) is 13.4. The van der Waals surface area contributed by atoms with Gasteiger partial charge in [-0.2, -0.15) is 0 Å². The average molecular weight is 371 g/mol.